The Bertz CT molecular complexity index is 1470. The van der Waals surface area contributed by atoms with Gasteiger partial charge in [-0.1, -0.05) is 48.5 Å². The summed E-state index contributed by atoms with van der Waals surface area (Å²) in [6, 6.07) is 24.1. The maximum atomic E-state index is 12.7. The van der Waals surface area contributed by atoms with Gasteiger partial charge in [0.15, 0.2) is 0 Å². The van der Waals surface area contributed by atoms with Crippen LogP contribution in [0.15, 0.2) is 89.6 Å². The molecule has 0 amide bonds. The van der Waals surface area contributed by atoms with Crippen molar-refractivity contribution in [2.45, 2.75) is 6.92 Å². The van der Waals surface area contributed by atoms with Crippen LogP contribution in [0, 0.1) is 0 Å². The van der Waals surface area contributed by atoms with E-state index in [2.05, 4.69) is 0 Å². The Labute approximate surface area is 208 Å². The number of fused-ring (bicyclic) bond motifs is 1. The number of para-hydroxylation sites is 1. The van der Waals surface area contributed by atoms with Crippen molar-refractivity contribution in [1.29, 1.82) is 0 Å². The fourth-order valence-corrected chi connectivity index (χ4v) is 3.98. The molecule has 36 heavy (non-hydrogen) atoms. The van der Waals surface area contributed by atoms with Gasteiger partial charge in [0.05, 0.1) is 35.6 Å². The van der Waals surface area contributed by atoms with E-state index in [1.807, 2.05) is 78.7 Å². The predicted molar refractivity (Wildman–Crippen MR) is 141 cm³/mol. The van der Waals surface area contributed by atoms with Crippen molar-refractivity contribution in [2.75, 3.05) is 25.1 Å². The summed E-state index contributed by atoms with van der Waals surface area (Å²) in [6.45, 7) is 2.14. The highest BCUT2D eigenvalue weighted by molar-refractivity contribution is 6.23. The van der Waals surface area contributed by atoms with Crippen LogP contribution in [0.4, 0.5) is 16.2 Å². The number of carbonyl (C=O) groups excluding carboxylic acids is 2. The second-order valence-corrected chi connectivity index (χ2v) is 8.08. The molecule has 1 heterocycles. The minimum Gasteiger partial charge on any atom is -0.494 e. The first-order chi connectivity index (χ1) is 17.4. The fourth-order valence-electron chi connectivity index (χ4n) is 3.98. The summed E-state index contributed by atoms with van der Waals surface area (Å²) in [6.07, 6.45) is -0.666. The molecule has 0 radical (unpaired) electrons. The molecular formula is C28H26N4O4. The fraction of sp³-hybridized carbons (Fsp3) is 0.143. The molecule has 8 heteroatoms. The molecule has 0 aliphatic rings. The molecule has 3 N–H and O–H groups in total. The molecule has 0 saturated carbocycles. The van der Waals surface area contributed by atoms with Gasteiger partial charge in [-0.2, -0.15) is 0 Å². The number of likely N-dealkylation sites (N-methyl/N-ethyl adjacent to an activating group) is 1. The van der Waals surface area contributed by atoms with Gasteiger partial charge in [-0.05, 0) is 37.3 Å². The molecule has 0 atom stereocenters. The van der Waals surface area contributed by atoms with Gasteiger partial charge in [0, 0.05) is 23.7 Å². The van der Waals surface area contributed by atoms with E-state index in [1.165, 1.54) is 0 Å². The number of nitrogens with two attached hydrogens (primary N) is 1. The normalized spacial score (nSPS) is 11.2. The summed E-state index contributed by atoms with van der Waals surface area (Å²) in [7, 11) is 1.82. The Balaban J connectivity index is 1.86. The zero-order valence-corrected chi connectivity index (χ0v) is 20.0. The van der Waals surface area contributed by atoms with Gasteiger partial charge in [-0.25, -0.2) is 19.1 Å². The Hall–Kier alpha value is -4.81. The third-order valence-corrected chi connectivity index (χ3v) is 5.65. The monoisotopic (exact) mass is 482 g/mol. The van der Waals surface area contributed by atoms with Crippen LogP contribution < -0.4 is 10.6 Å². The predicted octanol–water partition coefficient (Wildman–Crippen LogP) is 4.63. The number of ether oxygens (including phenoxy) is 1. The number of aromatic hydroxyl groups is 1. The molecule has 1 aromatic heterocycles. The lowest BCUT2D eigenvalue weighted by atomic mass is 10.0. The zero-order valence-electron chi connectivity index (χ0n) is 20.0. The van der Waals surface area contributed by atoms with E-state index < -0.39 is 6.09 Å². The third kappa shape index (κ3) is 4.85. The number of carbonyl (C=O) groups is 1. The minimum absolute atomic E-state index is 0.111. The number of hydrogen-bond donors (Lipinski definition) is 2. The van der Waals surface area contributed by atoms with Crippen molar-refractivity contribution in [3.63, 3.8) is 0 Å². The SMILES string of the molecule is CCOC(=O)n1c(O)c(C(=Nc2ccc(N(C)CC(N)=C=O)cc2)c2ccccc2)c2ccccc21. The second kappa shape index (κ2) is 10.6. The molecule has 4 rings (SSSR count). The quantitative estimate of drug-likeness (QED) is 0.294. The van der Waals surface area contributed by atoms with E-state index in [1.54, 1.807) is 25.0 Å². The number of hydrogen-bond acceptors (Lipinski definition) is 7. The van der Waals surface area contributed by atoms with Gasteiger partial charge in [-0.3, -0.25) is 0 Å². The molecular weight excluding hydrogens is 456 g/mol. The number of rotatable bonds is 7. The van der Waals surface area contributed by atoms with E-state index >= 15 is 0 Å². The molecule has 0 saturated heterocycles. The molecule has 182 valence electrons. The molecule has 0 spiro atoms. The van der Waals surface area contributed by atoms with Gasteiger partial charge >= 0.3 is 6.09 Å². The highest BCUT2D eigenvalue weighted by Crippen LogP contribution is 2.35. The second-order valence-electron chi connectivity index (χ2n) is 8.08. The van der Waals surface area contributed by atoms with Crippen molar-refractivity contribution in [1.82, 2.24) is 4.57 Å². The van der Waals surface area contributed by atoms with E-state index in [4.69, 9.17) is 15.5 Å². The standard InChI is InChI=1S/C28H26N4O4/c1-3-36-28(35)32-24-12-8-7-11-23(24)25(27(32)34)26(19-9-5-4-6-10-19)30-21-13-15-22(16-14-21)31(2)17-20(29)18-33/h4-16,34H,3,17,29H2,1-2H3. The summed E-state index contributed by atoms with van der Waals surface area (Å²) < 4.78 is 6.35. The van der Waals surface area contributed by atoms with E-state index in [-0.39, 0.29) is 24.7 Å². The van der Waals surface area contributed by atoms with E-state index in [0.717, 1.165) is 15.8 Å². The molecule has 0 aliphatic heterocycles. The first kappa shape index (κ1) is 24.3. The molecule has 0 unspecified atom stereocenters. The zero-order chi connectivity index (χ0) is 25.7. The summed E-state index contributed by atoms with van der Waals surface area (Å²) in [5.41, 5.74) is 9.41. The first-order valence-corrected chi connectivity index (χ1v) is 11.4. The van der Waals surface area contributed by atoms with Crippen molar-refractivity contribution in [3.8, 4) is 5.88 Å². The number of benzene rings is 3. The van der Waals surface area contributed by atoms with Crippen LogP contribution >= 0.6 is 0 Å². The number of nitrogens with zero attached hydrogens (tertiary/aromatic N) is 3. The van der Waals surface area contributed by atoms with E-state index in [9.17, 15) is 14.7 Å². The van der Waals surface area contributed by atoms with Gasteiger partial charge in [0.1, 0.15) is 11.6 Å². The van der Waals surface area contributed by atoms with Gasteiger partial charge in [0.25, 0.3) is 0 Å². The Morgan fingerprint density at radius 1 is 1.06 bits per heavy atom. The lowest BCUT2D eigenvalue weighted by Crippen LogP contribution is -2.23. The Morgan fingerprint density at radius 3 is 2.39 bits per heavy atom. The lowest BCUT2D eigenvalue weighted by molar-refractivity contribution is 0.152. The Kier molecular flexibility index (Phi) is 7.18. The summed E-state index contributed by atoms with van der Waals surface area (Å²) in [5.74, 6) is 1.45. The average molecular weight is 483 g/mol. The van der Waals surface area contributed by atoms with Gasteiger partial charge in [0.2, 0.25) is 5.88 Å². The summed E-state index contributed by atoms with van der Waals surface area (Å²) >= 11 is 0. The topological polar surface area (TPSA) is 110 Å². The third-order valence-electron chi connectivity index (χ3n) is 5.65. The number of aliphatic imine (C=N–C) groups is 1. The molecule has 0 fully saturated rings. The van der Waals surface area contributed by atoms with Crippen LogP contribution in [0.25, 0.3) is 10.9 Å². The van der Waals surface area contributed by atoms with Crippen LogP contribution in [-0.2, 0) is 9.53 Å². The van der Waals surface area contributed by atoms with Crippen molar-refractivity contribution < 1.29 is 19.4 Å². The van der Waals surface area contributed by atoms with Crippen LogP contribution in [0.2, 0.25) is 0 Å². The highest BCUT2D eigenvalue weighted by atomic mass is 16.5. The van der Waals surface area contributed by atoms with Gasteiger partial charge in [-0.15, -0.1) is 0 Å². The molecule has 3 aromatic carbocycles. The van der Waals surface area contributed by atoms with Crippen LogP contribution in [0.3, 0.4) is 0 Å². The van der Waals surface area contributed by atoms with E-state index in [0.29, 0.717) is 27.9 Å². The molecule has 8 nitrogen and oxygen atoms in total. The highest BCUT2D eigenvalue weighted by Gasteiger charge is 2.25. The number of aromatic nitrogens is 1. The van der Waals surface area contributed by atoms with Crippen molar-refractivity contribution in [3.05, 3.63) is 95.7 Å². The maximum Gasteiger partial charge on any atom is 0.421 e. The van der Waals surface area contributed by atoms with Gasteiger partial charge < -0.3 is 20.5 Å². The van der Waals surface area contributed by atoms with Crippen molar-refractivity contribution >= 4 is 40.0 Å². The molecule has 0 bridgehead atoms. The molecule has 0 aliphatic carbocycles. The molecule has 4 aromatic rings. The first-order valence-electron chi connectivity index (χ1n) is 11.4. The smallest absolute Gasteiger partial charge is 0.421 e. The van der Waals surface area contributed by atoms with Crippen molar-refractivity contribution in [2.24, 2.45) is 10.7 Å². The Morgan fingerprint density at radius 2 is 1.72 bits per heavy atom. The maximum absolute atomic E-state index is 12.7. The van der Waals surface area contributed by atoms with Crippen LogP contribution in [0.1, 0.15) is 18.1 Å². The largest absolute Gasteiger partial charge is 0.494 e. The summed E-state index contributed by atoms with van der Waals surface area (Å²) in [4.78, 5) is 30.2. The average Bonchev–Trinajstić information content (AvgIpc) is 3.19. The summed E-state index contributed by atoms with van der Waals surface area (Å²) in [5, 5.41) is 11.9. The number of anilines is 1. The minimum atomic E-state index is -0.666. The van der Waals surface area contributed by atoms with Crippen LogP contribution in [0.5, 0.6) is 5.88 Å². The lowest BCUT2D eigenvalue weighted by Gasteiger charge is -2.18. The van der Waals surface area contributed by atoms with Crippen LogP contribution in [-0.4, -0.2) is 47.6 Å².